The number of carbonyl (C=O) groups is 1. The van der Waals surface area contributed by atoms with E-state index in [9.17, 15) is 4.79 Å². The van der Waals surface area contributed by atoms with Gasteiger partial charge in [0.05, 0.1) is 18.3 Å². The lowest BCUT2D eigenvalue weighted by atomic mass is 9.93. The molecule has 2 heterocycles. The van der Waals surface area contributed by atoms with E-state index in [4.69, 9.17) is 5.10 Å². The number of nitrogens with zero attached hydrogens (tertiary/aromatic N) is 3. The number of hydrogen-bond acceptors (Lipinski definition) is 3. The summed E-state index contributed by atoms with van der Waals surface area (Å²) in [6, 6.07) is 21.5. The van der Waals surface area contributed by atoms with Gasteiger partial charge in [-0.1, -0.05) is 60.2 Å². The number of hydrogen-bond donors (Lipinski definition) is 0. The van der Waals surface area contributed by atoms with E-state index in [0.717, 1.165) is 37.2 Å². The highest BCUT2D eigenvalue weighted by Crippen LogP contribution is 2.35. The molecule has 0 unspecified atom stereocenters. The summed E-state index contributed by atoms with van der Waals surface area (Å²) < 4.78 is 0. The van der Waals surface area contributed by atoms with Crippen LogP contribution in [0.5, 0.6) is 0 Å². The molecule has 0 N–H and O–H groups in total. The predicted octanol–water partition coefficient (Wildman–Crippen LogP) is 5.66. The van der Waals surface area contributed by atoms with Gasteiger partial charge in [0.2, 0.25) is 0 Å². The van der Waals surface area contributed by atoms with Gasteiger partial charge < -0.3 is 0 Å². The normalized spacial score (nSPS) is 18.1. The Balaban J connectivity index is 1.44. The maximum absolute atomic E-state index is 13.7. The van der Waals surface area contributed by atoms with Crippen molar-refractivity contribution in [3.05, 3.63) is 105 Å². The topological polar surface area (TPSA) is 35.9 Å². The van der Waals surface area contributed by atoms with Crippen molar-refractivity contribution < 1.29 is 4.79 Å². The van der Waals surface area contributed by atoms with Crippen LogP contribution < -0.4 is 0 Å². The summed E-state index contributed by atoms with van der Waals surface area (Å²) in [5.74, 6) is 0.0733. The van der Waals surface area contributed by atoms with Crippen molar-refractivity contribution in [2.24, 2.45) is 5.10 Å². The van der Waals surface area contributed by atoms with Gasteiger partial charge in [-0.15, -0.1) is 0 Å². The van der Waals surface area contributed by atoms with Crippen LogP contribution in [0, 0.1) is 27.7 Å². The van der Waals surface area contributed by atoms with E-state index in [1.165, 1.54) is 38.9 Å². The Morgan fingerprint density at radius 2 is 1.68 bits per heavy atom. The minimum Gasteiger partial charge on any atom is -0.290 e. The third kappa shape index (κ3) is 4.43. The minimum absolute atomic E-state index is 0.0684. The molecule has 5 rings (SSSR count). The van der Waals surface area contributed by atoms with Crippen LogP contribution in [-0.2, 0) is 17.8 Å². The van der Waals surface area contributed by atoms with Gasteiger partial charge in [-0.3, -0.25) is 9.69 Å². The molecule has 1 amide bonds. The molecule has 2 aliphatic heterocycles. The second-order valence-corrected chi connectivity index (χ2v) is 9.89. The van der Waals surface area contributed by atoms with E-state index in [2.05, 4.69) is 93.3 Å². The van der Waals surface area contributed by atoms with Crippen LogP contribution in [0.15, 0.2) is 65.8 Å². The fourth-order valence-electron chi connectivity index (χ4n) is 5.15. The lowest BCUT2D eigenvalue weighted by Gasteiger charge is -2.30. The molecule has 1 atom stereocenters. The van der Waals surface area contributed by atoms with Gasteiger partial charge in [-0.05, 0) is 79.1 Å². The first-order valence-corrected chi connectivity index (χ1v) is 12.2. The van der Waals surface area contributed by atoms with Crippen LogP contribution in [0.2, 0.25) is 0 Å². The molecule has 0 aromatic heterocycles. The largest absolute Gasteiger partial charge is 0.290 e. The van der Waals surface area contributed by atoms with E-state index in [-0.39, 0.29) is 11.9 Å². The molecule has 4 heteroatoms. The van der Waals surface area contributed by atoms with Gasteiger partial charge in [0.15, 0.2) is 0 Å². The maximum Gasteiger partial charge on any atom is 0.257 e. The third-order valence-electron chi connectivity index (χ3n) is 7.37. The lowest BCUT2D eigenvalue weighted by Crippen LogP contribution is -2.40. The predicted molar refractivity (Wildman–Crippen MR) is 138 cm³/mol. The summed E-state index contributed by atoms with van der Waals surface area (Å²) in [4.78, 5) is 15.9. The first-order valence-electron chi connectivity index (χ1n) is 12.2. The molecule has 3 aromatic carbocycles. The van der Waals surface area contributed by atoms with E-state index in [1.807, 2.05) is 0 Å². The van der Waals surface area contributed by atoms with Gasteiger partial charge in [0.1, 0.15) is 0 Å². The zero-order chi connectivity index (χ0) is 23.8. The van der Waals surface area contributed by atoms with Crippen molar-refractivity contribution >= 4 is 11.6 Å². The number of rotatable bonds is 4. The molecule has 174 valence electrons. The van der Waals surface area contributed by atoms with Gasteiger partial charge in [0, 0.05) is 19.5 Å². The van der Waals surface area contributed by atoms with Gasteiger partial charge in [0.25, 0.3) is 5.91 Å². The van der Waals surface area contributed by atoms with Crippen LogP contribution >= 0.6 is 0 Å². The number of aryl methyl sites for hydroxylation is 4. The summed E-state index contributed by atoms with van der Waals surface area (Å²) in [6.07, 6.45) is 1.72. The number of amides is 1. The molecule has 3 aromatic rings. The Morgan fingerprint density at radius 3 is 2.47 bits per heavy atom. The SMILES string of the molecule is Cc1ccc(C)c([C@@H]2CC(c3ccc(C)c(C)c3)=NN2C(=O)CN2CCc3ccccc3C2)c1. The second kappa shape index (κ2) is 9.19. The second-order valence-electron chi connectivity index (χ2n) is 9.89. The molecular weight excluding hydrogens is 418 g/mol. The molecule has 4 nitrogen and oxygen atoms in total. The molecule has 0 bridgehead atoms. The highest BCUT2D eigenvalue weighted by molar-refractivity contribution is 6.03. The summed E-state index contributed by atoms with van der Waals surface area (Å²) in [6.45, 7) is 10.6. The molecule has 2 aliphatic rings. The van der Waals surface area contributed by atoms with Crippen molar-refractivity contribution in [1.29, 1.82) is 0 Å². The Labute approximate surface area is 202 Å². The summed E-state index contributed by atoms with van der Waals surface area (Å²) >= 11 is 0. The fraction of sp³-hybridized carbons (Fsp3) is 0.333. The van der Waals surface area contributed by atoms with E-state index >= 15 is 0 Å². The molecule has 0 fully saturated rings. The maximum atomic E-state index is 13.7. The zero-order valence-electron chi connectivity index (χ0n) is 20.6. The molecule has 0 saturated heterocycles. The van der Waals surface area contributed by atoms with E-state index in [0.29, 0.717) is 6.54 Å². The van der Waals surface area contributed by atoms with E-state index < -0.39 is 0 Å². The van der Waals surface area contributed by atoms with Crippen molar-refractivity contribution in [2.45, 2.75) is 53.1 Å². The highest BCUT2D eigenvalue weighted by Gasteiger charge is 2.35. The number of carbonyl (C=O) groups excluding carboxylic acids is 1. The summed E-state index contributed by atoms with van der Waals surface area (Å²) in [5.41, 5.74) is 11.0. The first kappa shape index (κ1) is 22.5. The van der Waals surface area contributed by atoms with Crippen LogP contribution in [0.3, 0.4) is 0 Å². The molecule has 0 spiro atoms. The number of benzene rings is 3. The standard InChI is InChI=1S/C30H33N3O/c1-20-9-10-22(3)27(15-20)29-17-28(25-12-11-21(2)23(4)16-25)31-33(29)30(34)19-32-14-13-24-7-5-6-8-26(24)18-32/h5-12,15-16,29H,13-14,17-19H2,1-4H3/t29-/m0/s1. The van der Waals surface area contributed by atoms with Crippen LogP contribution in [0.4, 0.5) is 0 Å². The van der Waals surface area contributed by atoms with Crippen molar-refractivity contribution in [3.63, 3.8) is 0 Å². The smallest absolute Gasteiger partial charge is 0.257 e. The van der Waals surface area contributed by atoms with Crippen LogP contribution in [0.1, 0.15) is 57.0 Å². The van der Waals surface area contributed by atoms with Crippen molar-refractivity contribution in [1.82, 2.24) is 9.91 Å². The van der Waals surface area contributed by atoms with Crippen molar-refractivity contribution in [3.8, 4) is 0 Å². The zero-order valence-corrected chi connectivity index (χ0v) is 20.6. The minimum atomic E-state index is -0.0684. The number of fused-ring (bicyclic) bond motifs is 1. The molecule has 0 aliphatic carbocycles. The summed E-state index contributed by atoms with van der Waals surface area (Å²) in [5, 5.41) is 6.71. The van der Waals surface area contributed by atoms with Crippen LogP contribution in [0.25, 0.3) is 0 Å². The monoisotopic (exact) mass is 451 g/mol. The van der Waals surface area contributed by atoms with Gasteiger partial charge in [-0.2, -0.15) is 5.10 Å². The Morgan fingerprint density at radius 1 is 0.912 bits per heavy atom. The third-order valence-corrected chi connectivity index (χ3v) is 7.37. The molecule has 0 radical (unpaired) electrons. The number of hydrazone groups is 1. The average molecular weight is 452 g/mol. The van der Waals surface area contributed by atoms with Crippen molar-refractivity contribution in [2.75, 3.05) is 13.1 Å². The Bertz CT molecular complexity index is 1280. The molecule has 34 heavy (non-hydrogen) atoms. The highest BCUT2D eigenvalue weighted by atomic mass is 16.2. The lowest BCUT2D eigenvalue weighted by molar-refractivity contribution is -0.134. The fourth-order valence-corrected chi connectivity index (χ4v) is 5.15. The van der Waals surface area contributed by atoms with E-state index in [1.54, 1.807) is 5.01 Å². The molecular formula is C30H33N3O. The Kier molecular flexibility index (Phi) is 6.09. The quantitative estimate of drug-likeness (QED) is 0.513. The van der Waals surface area contributed by atoms with Gasteiger partial charge >= 0.3 is 0 Å². The van der Waals surface area contributed by atoms with Gasteiger partial charge in [-0.25, -0.2) is 5.01 Å². The van der Waals surface area contributed by atoms with Crippen LogP contribution in [-0.4, -0.2) is 34.6 Å². The molecule has 0 saturated carbocycles. The summed E-state index contributed by atoms with van der Waals surface area (Å²) in [7, 11) is 0. The Hall–Kier alpha value is -3.24. The average Bonchev–Trinajstić information content (AvgIpc) is 3.28. The first-order chi connectivity index (χ1) is 16.4.